The van der Waals surface area contributed by atoms with Crippen LogP contribution < -0.4 is 0 Å². The number of ether oxygens (including phenoxy) is 1. The van der Waals surface area contributed by atoms with Crippen LogP contribution in [0.2, 0.25) is 0 Å². The summed E-state index contributed by atoms with van der Waals surface area (Å²) in [6.07, 6.45) is 1.75. The largest absolute Gasteiger partial charge is 0.444 e. The molecule has 2 fully saturated rings. The summed E-state index contributed by atoms with van der Waals surface area (Å²) in [7, 11) is 0. The first kappa shape index (κ1) is 16.6. The Morgan fingerprint density at radius 2 is 1.62 bits per heavy atom. The zero-order valence-corrected chi connectivity index (χ0v) is 14.7. The van der Waals surface area contributed by atoms with Gasteiger partial charge in [-0.1, -0.05) is 15.9 Å². The number of carbonyl (C=O) groups excluding carboxylic acids is 2. The lowest BCUT2D eigenvalue weighted by Crippen LogP contribution is -2.37. The van der Waals surface area contributed by atoms with Gasteiger partial charge in [0.1, 0.15) is 5.60 Å². The molecule has 2 amide bonds. The van der Waals surface area contributed by atoms with Gasteiger partial charge in [0.2, 0.25) is 5.91 Å². The highest BCUT2D eigenvalue weighted by Crippen LogP contribution is 2.32. The van der Waals surface area contributed by atoms with E-state index in [1.807, 2.05) is 30.6 Å². The summed E-state index contributed by atoms with van der Waals surface area (Å²) in [5.41, 5.74) is -0.444. The Labute approximate surface area is 135 Å². The van der Waals surface area contributed by atoms with Crippen LogP contribution in [-0.4, -0.2) is 58.9 Å². The molecule has 120 valence electrons. The van der Waals surface area contributed by atoms with Crippen LogP contribution in [0.5, 0.6) is 0 Å². The zero-order chi connectivity index (χ0) is 15.6. The van der Waals surface area contributed by atoms with E-state index in [1.165, 1.54) is 0 Å². The molecule has 0 aromatic carbocycles. The Balaban J connectivity index is 1.89. The number of halogens is 1. The Hall–Kier alpha value is -0.780. The topological polar surface area (TPSA) is 49.9 Å². The van der Waals surface area contributed by atoms with Crippen molar-refractivity contribution in [2.75, 3.05) is 31.5 Å². The fraction of sp³-hybridized carbons (Fsp3) is 0.867. The molecule has 0 radical (unpaired) electrons. The summed E-state index contributed by atoms with van der Waals surface area (Å²) in [6.45, 7) is 8.79. The molecule has 0 aromatic heterocycles. The van der Waals surface area contributed by atoms with E-state index in [9.17, 15) is 9.59 Å². The highest BCUT2D eigenvalue weighted by molar-refractivity contribution is 9.09. The first-order valence-corrected chi connectivity index (χ1v) is 8.74. The summed E-state index contributed by atoms with van der Waals surface area (Å²) in [5.74, 6) is 1.15. The van der Waals surface area contributed by atoms with Gasteiger partial charge in [-0.25, -0.2) is 4.79 Å². The van der Waals surface area contributed by atoms with Crippen molar-refractivity contribution in [2.45, 2.75) is 39.2 Å². The van der Waals surface area contributed by atoms with Crippen molar-refractivity contribution in [1.82, 2.24) is 9.80 Å². The molecule has 2 rings (SSSR count). The van der Waals surface area contributed by atoms with Gasteiger partial charge in [0.15, 0.2) is 0 Å². The molecule has 0 bridgehead atoms. The van der Waals surface area contributed by atoms with Gasteiger partial charge < -0.3 is 14.5 Å². The molecule has 2 heterocycles. The zero-order valence-electron chi connectivity index (χ0n) is 13.1. The van der Waals surface area contributed by atoms with Gasteiger partial charge in [-0.05, 0) is 45.4 Å². The van der Waals surface area contributed by atoms with Gasteiger partial charge >= 0.3 is 6.09 Å². The number of hydrogen-bond acceptors (Lipinski definition) is 3. The van der Waals surface area contributed by atoms with Gasteiger partial charge in [-0.15, -0.1) is 0 Å². The highest BCUT2D eigenvalue weighted by atomic mass is 79.9. The third-order valence-corrected chi connectivity index (χ3v) is 4.71. The first-order valence-electron chi connectivity index (χ1n) is 7.62. The lowest BCUT2D eigenvalue weighted by molar-refractivity contribution is -0.128. The average Bonchev–Trinajstić information content (AvgIpc) is 2.70. The van der Waals surface area contributed by atoms with E-state index in [0.717, 1.165) is 39.0 Å². The van der Waals surface area contributed by atoms with E-state index in [2.05, 4.69) is 15.9 Å². The van der Waals surface area contributed by atoms with Gasteiger partial charge in [0.25, 0.3) is 0 Å². The maximum Gasteiger partial charge on any atom is 0.410 e. The quantitative estimate of drug-likeness (QED) is 0.675. The first-order chi connectivity index (χ1) is 9.80. The van der Waals surface area contributed by atoms with Crippen LogP contribution in [0.3, 0.4) is 0 Å². The van der Waals surface area contributed by atoms with Crippen molar-refractivity contribution in [2.24, 2.45) is 11.8 Å². The molecule has 21 heavy (non-hydrogen) atoms. The van der Waals surface area contributed by atoms with E-state index >= 15 is 0 Å². The number of alkyl halides is 1. The number of hydrogen-bond donors (Lipinski definition) is 0. The third kappa shape index (κ3) is 4.34. The summed E-state index contributed by atoms with van der Waals surface area (Å²) in [4.78, 5) is 27.7. The maximum atomic E-state index is 12.1. The van der Waals surface area contributed by atoms with Crippen molar-refractivity contribution in [1.29, 1.82) is 0 Å². The average molecular weight is 361 g/mol. The van der Waals surface area contributed by atoms with E-state index in [1.54, 1.807) is 0 Å². The predicted molar refractivity (Wildman–Crippen MR) is 84.4 cm³/mol. The minimum absolute atomic E-state index is 0.166. The van der Waals surface area contributed by atoms with Crippen LogP contribution >= 0.6 is 15.9 Å². The van der Waals surface area contributed by atoms with Crippen LogP contribution in [0, 0.1) is 11.8 Å². The molecule has 2 aliphatic rings. The number of carbonyl (C=O) groups is 2. The van der Waals surface area contributed by atoms with Gasteiger partial charge in [-0.3, -0.25) is 4.79 Å². The summed E-state index contributed by atoms with van der Waals surface area (Å²) in [6, 6.07) is 0. The number of fused-ring (bicyclic) bond motifs is 1. The second-order valence-electron chi connectivity index (χ2n) is 7.00. The highest BCUT2D eigenvalue weighted by Gasteiger charge is 2.38. The second kappa shape index (κ2) is 6.55. The van der Waals surface area contributed by atoms with E-state index in [4.69, 9.17) is 4.74 Å². The summed E-state index contributed by atoms with van der Waals surface area (Å²) < 4.78 is 5.45. The molecule has 2 saturated heterocycles. The monoisotopic (exact) mass is 360 g/mol. The number of nitrogens with zero attached hydrogens (tertiary/aromatic N) is 2. The van der Waals surface area contributed by atoms with Crippen molar-refractivity contribution in [3.8, 4) is 0 Å². The number of likely N-dealkylation sites (tertiary alicyclic amines) is 2. The maximum absolute atomic E-state index is 12.1. The Kier molecular flexibility index (Phi) is 5.17. The van der Waals surface area contributed by atoms with E-state index < -0.39 is 5.60 Å². The third-order valence-electron chi connectivity index (χ3n) is 4.23. The predicted octanol–water partition coefficient (Wildman–Crippen LogP) is 2.49. The van der Waals surface area contributed by atoms with Gasteiger partial charge in [0.05, 0.1) is 5.33 Å². The molecule has 2 unspecified atom stereocenters. The molecule has 0 spiro atoms. The number of rotatable bonds is 1. The molecule has 5 nitrogen and oxygen atoms in total. The Morgan fingerprint density at radius 1 is 1.10 bits per heavy atom. The van der Waals surface area contributed by atoms with Crippen LogP contribution in [-0.2, 0) is 9.53 Å². The Morgan fingerprint density at radius 3 is 2.05 bits per heavy atom. The minimum Gasteiger partial charge on any atom is -0.444 e. The molecule has 0 N–H and O–H groups in total. The molecule has 0 aromatic rings. The fourth-order valence-electron chi connectivity index (χ4n) is 3.16. The molecular formula is C15H25BrN2O3. The molecule has 0 aliphatic carbocycles. The van der Waals surface area contributed by atoms with E-state index in [-0.39, 0.29) is 12.0 Å². The Bertz CT molecular complexity index is 392. The van der Waals surface area contributed by atoms with Gasteiger partial charge in [-0.2, -0.15) is 0 Å². The van der Waals surface area contributed by atoms with Crippen molar-refractivity contribution < 1.29 is 14.3 Å². The standard InChI is InChI=1S/C15H25BrN2O3/c1-15(2,3)21-14(20)18-9-11-4-6-17(13(19)8-16)7-5-12(11)10-18/h11-12H,4-10H2,1-3H3. The van der Waals surface area contributed by atoms with Crippen LogP contribution in [0.15, 0.2) is 0 Å². The summed E-state index contributed by atoms with van der Waals surface area (Å²) >= 11 is 3.23. The molecule has 2 atom stereocenters. The number of amides is 2. The lowest BCUT2D eigenvalue weighted by atomic mass is 9.92. The smallest absolute Gasteiger partial charge is 0.410 e. The molecule has 2 aliphatic heterocycles. The van der Waals surface area contributed by atoms with Gasteiger partial charge in [0, 0.05) is 26.2 Å². The van der Waals surface area contributed by atoms with Crippen molar-refractivity contribution in [3.63, 3.8) is 0 Å². The van der Waals surface area contributed by atoms with Crippen molar-refractivity contribution in [3.05, 3.63) is 0 Å². The van der Waals surface area contributed by atoms with E-state index in [0.29, 0.717) is 17.2 Å². The lowest BCUT2D eigenvalue weighted by Gasteiger charge is -2.25. The molecule has 0 saturated carbocycles. The van der Waals surface area contributed by atoms with Crippen LogP contribution in [0.4, 0.5) is 4.79 Å². The van der Waals surface area contributed by atoms with Crippen LogP contribution in [0.25, 0.3) is 0 Å². The molecular weight excluding hydrogens is 336 g/mol. The normalized spacial score (nSPS) is 26.3. The van der Waals surface area contributed by atoms with Crippen LogP contribution in [0.1, 0.15) is 33.6 Å². The molecule has 6 heteroatoms. The second-order valence-corrected chi connectivity index (χ2v) is 7.56. The summed E-state index contributed by atoms with van der Waals surface area (Å²) in [5, 5.41) is 0.395. The SMILES string of the molecule is CC(C)(C)OC(=O)N1CC2CCN(C(=O)CBr)CCC2C1. The minimum atomic E-state index is -0.444. The van der Waals surface area contributed by atoms with Crippen molar-refractivity contribution >= 4 is 27.9 Å². The fourth-order valence-corrected chi connectivity index (χ4v) is 3.51.